The molecular formula is C12H11N3O. The van der Waals surface area contributed by atoms with Crippen molar-refractivity contribution in [2.45, 2.75) is 6.92 Å². The number of hydrogen-bond acceptors (Lipinski definition) is 3. The molecular weight excluding hydrogens is 202 g/mol. The highest BCUT2D eigenvalue weighted by molar-refractivity contribution is 5.90. The fraction of sp³-hybridized carbons (Fsp3) is 0.0833. The van der Waals surface area contributed by atoms with Crippen LogP contribution in [0.2, 0.25) is 0 Å². The molecule has 0 spiro atoms. The second kappa shape index (κ2) is 4.10. The van der Waals surface area contributed by atoms with Crippen LogP contribution in [-0.2, 0) is 0 Å². The number of carbonyl (C=O) groups excluding carboxylic acids is 1. The summed E-state index contributed by atoms with van der Waals surface area (Å²) in [5, 5.41) is 4.02. The Morgan fingerprint density at radius 2 is 2.06 bits per heavy atom. The normalized spacial score (nSPS) is 10.1. The lowest BCUT2D eigenvalue weighted by Gasteiger charge is -2.03. The average Bonchev–Trinajstić information content (AvgIpc) is 2.78. The summed E-state index contributed by atoms with van der Waals surface area (Å²) in [5.41, 5.74) is 1.83. The van der Waals surface area contributed by atoms with Gasteiger partial charge in [0.1, 0.15) is 6.33 Å². The first-order chi connectivity index (χ1) is 7.72. The third kappa shape index (κ3) is 1.77. The zero-order valence-corrected chi connectivity index (χ0v) is 8.92. The Morgan fingerprint density at radius 3 is 2.62 bits per heavy atom. The van der Waals surface area contributed by atoms with E-state index in [4.69, 9.17) is 0 Å². The van der Waals surface area contributed by atoms with Crippen LogP contribution in [0.5, 0.6) is 0 Å². The molecule has 2 aromatic rings. The van der Waals surface area contributed by atoms with Crippen molar-refractivity contribution in [1.29, 1.82) is 0 Å². The van der Waals surface area contributed by atoms with Gasteiger partial charge in [-0.3, -0.25) is 4.79 Å². The van der Waals surface area contributed by atoms with Crippen LogP contribution in [0.15, 0.2) is 37.2 Å². The van der Waals surface area contributed by atoms with Gasteiger partial charge in [0.15, 0.2) is 11.6 Å². The van der Waals surface area contributed by atoms with E-state index in [9.17, 15) is 4.79 Å². The number of rotatable bonds is 3. The van der Waals surface area contributed by atoms with E-state index in [1.165, 1.54) is 17.9 Å². The van der Waals surface area contributed by atoms with Crippen LogP contribution in [0.25, 0.3) is 11.8 Å². The van der Waals surface area contributed by atoms with Crippen LogP contribution in [-0.4, -0.2) is 20.5 Å². The molecule has 0 atom stereocenters. The van der Waals surface area contributed by atoms with Crippen molar-refractivity contribution in [3.05, 3.63) is 48.6 Å². The van der Waals surface area contributed by atoms with Gasteiger partial charge in [0.05, 0.1) is 5.69 Å². The molecule has 0 aliphatic heterocycles. The van der Waals surface area contributed by atoms with Crippen LogP contribution in [0, 0.1) is 0 Å². The van der Waals surface area contributed by atoms with E-state index >= 15 is 0 Å². The zero-order chi connectivity index (χ0) is 11.5. The Morgan fingerprint density at radius 1 is 1.38 bits per heavy atom. The predicted molar refractivity (Wildman–Crippen MR) is 61.5 cm³/mol. The molecule has 4 nitrogen and oxygen atoms in total. The number of benzene rings is 1. The minimum absolute atomic E-state index is 0.106. The van der Waals surface area contributed by atoms with E-state index in [1.807, 2.05) is 24.3 Å². The molecule has 1 aromatic carbocycles. The molecule has 0 aliphatic carbocycles. The minimum atomic E-state index is -0.106. The molecule has 0 bridgehead atoms. The molecule has 2 rings (SSSR count). The molecule has 16 heavy (non-hydrogen) atoms. The molecule has 0 aliphatic rings. The number of nitrogens with zero attached hydrogens (tertiary/aromatic N) is 3. The van der Waals surface area contributed by atoms with Crippen molar-refractivity contribution in [2.24, 2.45) is 0 Å². The maximum absolute atomic E-state index is 11.3. The van der Waals surface area contributed by atoms with Gasteiger partial charge >= 0.3 is 0 Å². The fourth-order valence-corrected chi connectivity index (χ4v) is 1.42. The van der Waals surface area contributed by atoms with Gasteiger partial charge in [-0.15, -0.1) is 0 Å². The van der Waals surface area contributed by atoms with Crippen LogP contribution < -0.4 is 0 Å². The highest BCUT2D eigenvalue weighted by Crippen LogP contribution is 2.11. The SMILES string of the molecule is C=Cc1ccc(-n2ncnc2C(C)=O)cc1. The van der Waals surface area contributed by atoms with Gasteiger partial charge in [0, 0.05) is 6.92 Å². The Hall–Kier alpha value is -2.23. The third-order valence-corrected chi connectivity index (χ3v) is 2.24. The molecule has 0 fully saturated rings. The minimum Gasteiger partial charge on any atom is -0.291 e. The van der Waals surface area contributed by atoms with Crippen molar-refractivity contribution >= 4 is 11.9 Å². The summed E-state index contributed by atoms with van der Waals surface area (Å²) in [7, 11) is 0. The standard InChI is InChI=1S/C12H11N3O/c1-3-10-4-6-11(7-5-10)15-12(9(2)16)13-8-14-15/h3-8H,1H2,2H3. The molecule has 0 N–H and O–H groups in total. The van der Waals surface area contributed by atoms with E-state index in [0.29, 0.717) is 5.82 Å². The summed E-state index contributed by atoms with van der Waals surface area (Å²) in [6.45, 7) is 5.15. The van der Waals surface area contributed by atoms with Gasteiger partial charge in [0.2, 0.25) is 0 Å². The summed E-state index contributed by atoms with van der Waals surface area (Å²) in [6, 6.07) is 7.57. The Bertz CT molecular complexity index is 525. The largest absolute Gasteiger partial charge is 0.291 e. The Kier molecular flexibility index (Phi) is 2.64. The Balaban J connectivity index is 2.46. The molecule has 0 radical (unpaired) electrons. The summed E-state index contributed by atoms with van der Waals surface area (Å²) in [4.78, 5) is 15.2. The van der Waals surface area contributed by atoms with Crippen molar-refractivity contribution in [2.75, 3.05) is 0 Å². The lowest BCUT2D eigenvalue weighted by molar-refractivity contribution is 0.100. The first-order valence-corrected chi connectivity index (χ1v) is 4.86. The van der Waals surface area contributed by atoms with Gasteiger partial charge in [0.25, 0.3) is 0 Å². The summed E-state index contributed by atoms with van der Waals surface area (Å²) in [6.07, 6.45) is 3.13. The number of Topliss-reactive ketones (excluding diaryl/α,β-unsaturated/α-hetero) is 1. The molecule has 0 unspecified atom stereocenters. The van der Waals surface area contributed by atoms with Crippen LogP contribution in [0.3, 0.4) is 0 Å². The van der Waals surface area contributed by atoms with Gasteiger partial charge in [-0.05, 0) is 17.7 Å². The first-order valence-electron chi connectivity index (χ1n) is 4.86. The average molecular weight is 213 g/mol. The van der Waals surface area contributed by atoms with Gasteiger partial charge < -0.3 is 0 Å². The topological polar surface area (TPSA) is 47.8 Å². The molecule has 0 amide bonds. The maximum atomic E-state index is 11.3. The van der Waals surface area contributed by atoms with E-state index < -0.39 is 0 Å². The van der Waals surface area contributed by atoms with Gasteiger partial charge in [-0.25, -0.2) is 9.67 Å². The van der Waals surface area contributed by atoms with E-state index in [2.05, 4.69) is 16.7 Å². The van der Waals surface area contributed by atoms with Crippen molar-refractivity contribution in [3.8, 4) is 5.69 Å². The summed E-state index contributed by atoms with van der Waals surface area (Å²) in [5.74, 6) is 0.233. The predicted octanol–water partition coefficient (Wildman–Crippen LogP) is 2.11. The van der Waals surface area contributed by atoms with Crippen molar-refractivity contribution in [1.82, 2.24) is 14.8 Å². The van der Waals surface area contributed by atoms with Crippen LogP contribution in [0.1, 0.15) is 23.1 Å². The van der Waals surface area contributed by atoms with E-state index in [0.717, 1.165) is 11.3 Å². The second-order valence-corrected chi connectivity index (χ2v) is 3.35. The highest BCUT2D eigenvalue weighted by Gasteiger charge is 2.10. The van der Waals surface area contributed by atoms with Crippen molar-refractivity contribution < 1.29 is 4.79 Å². The van der Waals surface area contributed by atoms with E-state index in [1.54, 1.807) is 6.08 Å². The molecule has 1 aromatic heterocycles. The highest BCUT2D eigenvalue weighted by atomic mass is 16.1. The second-order valence-electron chi connectivity index (χ2n) is 3.35. The van der Waals surface area contributed by atoms with Gasteiger partial charge in [-0.2, -0.15) is 5.10 Å². The molecule has 80 valence electrons. The zero-order valence-electron chi connectivity index (χ0n) is 8.92. The lowest BCUT2D eigenvalue weighted by Crippen LogP contribution is -2.07. The first kappa shape index (κ1) is 10.3. The Labute approximate surface area is 93.2 Å². The summed E-state index contributed by atoms with van der Waals surface area (Å²) >= 11 is 0. The van der Waals surface area contributed by atoms with Gasteiger partial charge in [-0.1, -0.05) is 24.8 Å². The fourth-order valence-electron chi connectivity index (χ4n) is 1.42. The maximum Gasteiger partial charge on any atom is 0.199 e. The number of aromatic nitrogens is 3. The number of carbonyl (C=O) groups is 1. The molecule has 1 heterocycles. The third-order valence-electron chi connectivity index (χ3n) is 2.24. The van der Waals surface area contributed by atoms with Crippen LogP contribution in [0.4, 0.5) is 0 Å². The van der Waals surface area contributed by atoms with Crippen LogP contribution >= 0.6 is 0 Å². The number of ketones is 1. The lowest BCUT2D eigenvalue weighted by atomic mass is 10.2. The smallest absolute Gasteiger partial charge is 0.199 e. The quantitative estimate of drug-likeness (QED) is 0.733. The number of hydrogen-bond donors (Lipinski definition) is 0. The molecule has 4 heteroatoms. The van der Waals surface area contributed by atoms with E-state index in [-0.39, 0.29) is 5.78 Å². The monoisotopic (exact) mass is 213 g/mol. The summed E-state index contributed by atoms with van der Waals surface area (Å²) < 4.78 is 1.52. The van der Waals surface area contributed by atoms with Crippen molar-refractivity contribution in [3.63, 3.8) is 0 Å². The molecule has 0 saturated heterocycles. The molecule has 0 saturated carbocycles.